The average Bonchev–Trinajstić information content (AvgIpc) is 3.13. The molecule has 9 aromatic rings. The number of rotatable bonds is 4. The van der Waals surface area contributed by atoms with E-state index in [0.717, 1.165) is 22.3 Å². The molecular weight excluding hydrogens is 556 g/mol. The van der Waals surface area contributed by atoms with Crippen molar-refractivity contribution in [1.82, 2.24) is 9.97 Å². The lowest BCUT2D eigenvalue weighted by atomic mass is 9.84. The Hall–Kier alpha value is -6.12. The van der Waals surface area contributed by atoms with Crippen molar-refractivity contribution in [2.75, 3.05) is 0 Å². The van der Waals surface area contributed by atoms with Crippen molar-refractivity contribution in [3.63, 3.8) is 0 Å². The zero-order chi connectivity index (χ0) is 30.5. The molecule has 2 heterocycles. The largest absolute Gasteiger partial charge is 0.265 e. The molecule has 0 radical (unpaired) electrons. The summed E-state index contributed by atoms with van der Waals surface area (Å²) in [6.45, 7) is 0. The van der Waals surface area contributed by atoms with E-state index >= 15 is 0 Å². The highest BCUT2D eigenvalue weighted by atomic mass is 14.6. The van der Waals surface area contributed by atoms with Crippen LogP contribution in [0.2, 0.25) is 0 Å². The zero-order valence-electron chi connectivity index (χ0n) is 25.1. The van der Waals surface area contributed by atoms with Crippen LogP contribution in [-0.2, 0) is 0 Å². The van der Waals surface area contributed by atoms with Gasteiger partial charge in [0, 0.05) is 35.9 Å². The fraction of sp³-hybridized carbons (Fsp3) is 0. The number of pyridine rings is 2. The Labute approximate surface area is 267 Å². The van der Waals surface area contributed by atoms with Crippen LogP contribution in [0.15, 0.2) is 170 Å². The Morgan fingerprint density at radius 3 is 1.54 bits per heavy atom. The van der Waals surface area contributed by atoms with E-state index in [9.17, 15) is 0 Å². The minimum atomic E-state index is 1.08. The van der Waals surface area contributed by atoms with Crippen LogP contribution < -0.4 is 0 Å². The summed E-state index contributed by atoms with van der Waals surface area (Å²) in [5.41, 5.74) is 9.50. The lowest BCUT2D eigenvalue weighted by Gasteiger charge is -2.19. The molecule has 0 N–H and O–H groups in total. The highest BCUT2D eigenvalue weighted by molar-refractivity contribution is 6.23. The number of benzene rings is 7. The third-order valence-corrected chi connectivity index (χ3v) is 9.20. The maximum atomic E-state index is 4.55. The molecule has 0 aliphatic rings. The summed E-state index contributed by atoms with van der Waals surface area (Å²) < 4.78 is 0. The van der Waals surface area contributed by atoms with Gasteiger partial charge in [-0.2, -0.15) is 0 Å². The van der Waals surface area contributed by atoms with E-state index in [-0.39, 0.29) is 0 Å². The normalized spacial score (nSPS) is 11.5. The van der Waals surface area contributed by atoms with Gasteiger partial charge in [-0.3, -0.25) is 9.97 Å². The van der Waals surface area contributed by atoms with Crippen LogP contribution in [0.1, 0.15) is 0 Å². The summed E-state index contributed by atoms with van der Waals surface area (Å²) in [7, 11) is 0. The number of nitrogens with zero attached hydrogens (tertiary/aromatic N) is 2. The van der Waals surface area contributed by atoms with Gasteiger partial charge in [-0.25, -0.2) is 0 Å². The second kappa shape index (κ2) is 10.8. The van der Waals surface area contributed by atoms with Crippen LogP contribution in [0, 0.1) is 0 Å². The molecule has 0 unspecified atom stereocenters. The molecule has 2 aromatic heterocycles. The van der Waals surface area contributed by atoms with E-state index in [1.165, 1.54) is 65.3 Å². The summed E-state index contributed by atoms with van der Waals surface area (Å²) >= 11 is 0. The van der Waals surface area contributed by atoms with Gasteiger partial charge in [0.25, 0.3) is 0 Å². The molecule has 0 saturated heterocycles. The molecule has 2 nitrogen and oxygen atoms in total. The summed E-state index contributed by atoms with van der Waals surface area (Å²) in [4.78, 5) is 8.71. The predicted molar refractivity (Wildman–Crippen MR) is 194 cm³/mol. The number of hydrogen-bond donors (Lipinski definition) is 0. The van der Waals surface area contributed by atoms with Crippen LogP contribution in [0.3, 0.4) is 0 Å². The first-order valence-electron chi connectivity index (χ1n) is 15.6. The van der Waals surface area contributed by atoms with Crippen molar-refractivity contribution in [2.45, 2.75) is 0 Å². The van der Waals surface area contributed by atoms with E-state index in [4.69, 9.17) is 0 Å². The molecule has 214 valence electrons. The molecule has 9 rings (SSSR count). The van der Waals surface area contributed by atoms with Gasteiger partial charge < -0.3 is 0 Å². The summed E-state index contributed by atoms with van der Waals surface area (Å²) in [5.74, 6) is 0. The first-order chi connectivity index (χ1) is 22.8. The molecule has 2 heteroatoms. The van der Waals surface area contributed by atoms with Crippen LogP contribution >= 0.6 is 0 Å². The van der Waals surface area contributed by atoms with Crippen molar-refractivity contribution in [2.24, 2.45) is 0 Å². The van der Waals surface area contributed by atoms with Crippen molar-refractivity contribution in [1.29, 1.82) is 0 Å². The standard InChI is InChI=1S/C44H28N2/c1-2-10-37-30(8-1)9-7-15-38(37)44-41-13-5-3-11-39(41)43(40-12-4-6-14-42(40)44)34-19-18-31-24-33(17-16-32(31)25-34)36-26-35(27-46-28-36)29-20-22-45-23-21-29/h1-28H. The smallest absolute Gasteiger partial charge is 0.0346 e. The van der Waals surface area contributed by atoms with Crippen molar-refractivity contribution >= 4 is 43.1 Å². The molecule has 0 atom stereocenters. The summed E-state index contributed by atoms with van der Waals surface area (Å²) in [6, 6.07) is 53.0. The summed E-state index contributed by atoms with van der Waals surface area (Å²) in [5, 5.41) is 10.0. The van der Waals surface area contributed by atoms with Crippen molar-refractivity contribution in [3.05, 3.63) is 170 Å². The van der Waals surface area contributed by atoms with Gasteiger partial charge in [0.1, 0.15) is 0 Å². The average molecular weight is 585 g/mol. The molecule has 0 aliphatic heterocycles. The van der Waals surface area contributed by atoms with Crippen molar-refractivity contribution < 1.29 is 0 Å². The molecule has 0 saturated carbocycles. The Balaban J connectivity index is 1.22. The monoisotopic (exact) mass is 584 g/mol. The molecular formula is C44H28N2. The maximum absolute atomic E-state index is 4.55. The van der Waals surface area contributed by atoms with Crippen molar-refractivity contribution in [3.8, 4) is 44.5 Å². The van der Waals surface area contributed by atoms with Gasteiger partial charge in [0.2, 0.25) is 0 Å². The zero-order valence-corrected chi connectivity index (χ0v) is 25.1. The first-order valence-corrected chi connectivity index (χ1v) is 15.6. The van der Waals surface area contributed by atoms with Crippen LogP contribution in [-0.4, -0.2) is 9.97 Å². The first kappa shape index (κ1) is 26.3. The van der Waals surface area contributed by atoms with E-state index in [0.29, 0.717) is 0 Å². The third-order valence-electron chi connectivity index (χ3n) is 9.20. The Kier molecular flexibility index (Phi) is 6.17. The quantitative estimate of drug-likeness (QED) is 0.192. The SMILES string of the molecule is c1ccc2c(-c3c4ccccc4c(-c4ccc5cc(-c6cncc(-c7ccncc7)c6)ccc5c4)c4ccccc34)cccc2c1. The number of hydrogen-bond acceptors (Lipinski definition) is 2. The molecule has 0 amide bonds. The molecule has 7 aromatic carbocycles. The highest BCUT2D eigenvalue weighted by Crippen LogP contribution is 2.45. The molecule has 0 bridgehead atoms. The fourth-order valence-corrected chi connectivity index (χ4v) is 7.05. The van der Waals surface area contributed by atoms with Crippen LogP contribution in [0.4, 0.5) is 0 Å². The van der Waals surface area contributed by atoms with Gasteiger partial charge in [-0.1, -0.05) is 115 Å². The number of fused-ring (bicyclic) bond motifs is 4. The van der Waals surface area contributed by atoms with Gasteiger partial charge in [-0.05, 0) is 107 Å². The fourth-order valence-electron chi connectivity index (χ4n) is 7.05. The predicted octanol–water partition coefficient (Wildman–Crippen LogP) is 11.8. The third kappa shape index (κ3) is 4.35. The Morgan fingerprint density at radius 2 is 0.848 bits per heavy atom. The van der Waals surface area contributed by atoms with E-state index in [1.807, 2.05) is 36.9 Å². The topological polar surface area (TPSA) is 25.8 Å². The lowest BCUT2D eigenvalue weighted by molar-refractivity contribution is 1.30. The highest BCUT2D eigenvalue weighted by Gasteiger charge is 2.18. The lowest BCUT2D eigenvalue weighted by Crippen LogP contribution is -1.91. The van der Waals surface area contributed by atoms with E-state index in [2.05, 4.69) is 143 Å². The molecule has 46 heavy (non-hydrogen) atoms. The van der Waals surface area contributed by atoms with Crippen LogP contribution in [0.25, 0.3) is 87.6 Å². The molecule has 0 fully saturated rings. The van der Waals surface area contributed by atoms with Crippen LogP contribution in [0.5, 0.6) is 0 Å². The Bertz CT molecular complexity index is 2520. The number of aromatic nitrogens is 2. The van der Waals surface area contributed by atoms with E-state index < -0.39 is 0 Å². The van der Waals surface area contributed by atoms with Gasteiger partial charge in [0.15, 0.2) is 0 Å². The minimum Gasteiger partial charge on any atom is -0.265 e. The second-order valence-corrected chi connectivity index (χ2v) is 11.8. The minimum absolute atomic E-state index is 1.08. The Morgan fingerprint density at radius 1 is 0.304 bits per heavy atom. The maximum Gasteiger partial charge on any atom is 0.0346 e. The van der Waals surface area contributed by atoms with E-state index in [1.54, 1.807) is 0 Å². The van der Waals surface area contributed by atoms with Gasteiger partial charge >= 0.3 is 0 Å². The second-order valence-electron chi connectivity index (χ2n) is 11.8. The van der Waals surface area contributed by atoms with Gasteiger partial charge in [0.05, 0.1) is 0 Å². The molecule has 0 aliphatic carbocycles. The molecule has 0 spiro atoms. The summed E-state index contributed by atoms with van der Waals surface area (Å²) in [6.07, 6.45) is 7.49. The van der Waals surface area contributed by atoms with Gasteiger partial charge in [-0.15, -0.1) is 0 Å².